The number of rotatable bonds is 7. The summed E-state index contributed by atoms with van der Waals surface area (Å²) >= 11 is 7.44. The number of carboxylic acids is 1. The molecule has 0 heterocycles. The number of carbonyl (C=O) groups excluding carboxylic acids is 1. The zero-order chi connectivity index (χ0) is 15.8. The number of nitrogens with one attached hydrogen (secondary N) is 2. The Hall–Kier alpha value is -1.40. The predicted octanol–water partition coefficient (Wildman–Crippen LogP) is 2.91. The summed E-state index contributed by atoms with van der Waals surface area (Å²) in [5.41, 5.74) is 0.855. The monoisotopic (exact) mass is 330 g/mol. The second-order valence-electron chi connectivity index (χ2n) is 4.57. The molecule has 0 aliphatic carbocycles. The van der Waals surface area contributed by atoms with E-state index in [-0.39, 0.29) is 6.04 Å². The molecule has 0 saturated carbocycles. The Bertz CT molecular complexity index is 499. The first-order chi connectivity index (χ1) is 9.93. The normalized spacial score (nSPS) is 13.3. The summed E-state index contributed by atoms with van der Waals surface area (Å²) in [6.07, 6.45) is 2.27. The number of hydrogen-bond donors (Lipinski definition) is 3. The maximum absolute atomic E-state index is 11.9. The van der Waals surface area contributed by atoms with E-state index in [0.29, 0.717) is 17.2 Å². The standard InChI is InChI=1S/C14H19ClN2O3S/c1-9(10-4-3-5-11(15)8-10)16-14(20)17-12(13(18)19)6-7-21-2/h3-5,8-9,12H,6-7H2,1-2H3,(H,18,19)(H2,16,17,20). The lowest BCUT2D eigenvalue weighted by molar-refractivity contribution is -0.139. The van der Waals surface area contributed by atoms with E-state index in [2.05, 4.69) is 10.6 Å². The summed E-state index contributed by atoms with van der Waals surface area (Å²) < 4.78 is 0. The fraction of sp³-hybridized carbons (Fsp3) is 0.429. The van der Waals surface area contributed by atoms with Gasteiger partial charge in [0, 0.05) is 5.02 Å². The summed E-state index contributed by atoms with van der Waals surface area (Å²) in [4.78, 5) is 22.9. The second-order valence-corrected chi connectivity index (χ2v) is 5.99. The number of hydrogen-bond acceptors (Lipinski definition) is 3. The lowest BCUT2D eigenvalue weighted by atomic mass is 10.1. The van der Waals surface area contributed by atoms with E-state index in [0.717, 1.165) is 5.56 Å². The summed E-state index contributed by atoms with van der Waals surface area (Å²) in [5, 5.41) is 14.8. The minimum atomic E-state index is -1.03. The van der Waals surface area contributed by atoms with Crippen LogP contribution in [0.1, 0.15) is 24.9 Å². The van der Waals surface area contributed by atoms with E-state index in [9.17, 15) is 9.59 Å². The molecule has 0 aliphatic heterocycles. The van der Waals surface area contributed by atoms with Crippen LogP contribution in [0.3, 0.4) is 0 Å². The molecule has 2 atom stereocenters. The number of amides is 2. The van der Waals surface area contributed by atoms with Crippen LogP contribution in [0.15, 0.2) is 24.3 Å². The van der Waals surface area contributed by atoms with Crippen molar-refractivity contribution in [1.29, 1.82) is 0 Å². The number of urea groups is 1. The van der Waals surface area contributed by atoms with Crippen molar-refractivity contribution in [3.8, 4) is 0 Å². The number of aliphatic carboxylic acids is 1. The average Bonchev–Trinajstić information content (AvgIpc) is 2.43. The van der Waals surface area contributed by atoms with Gasteiger partial charge in [-0.2, -0.15) is 11.8 Å². The number of carboxylic acid groups (broad SMARTS) is 1. The summed E-state index contributed by atoms with van der Waals surface area (Å²) in [5.74, 6) is -0.365. The van der Waals surface area contributed by atoms with E-state index < -0.39 is 18.0 Å². The largest absolute Gasteiger partial charge is 0.480 e. The molecule has 0 saturated heterocycles. The first-order valence-corrected chi connectivity index (χ1v) is 8.25. The zero-order valence-electron chi connectivity index (χ0n) is 11.9. The van der Waals surface area contributed by atoms with Crippen molar-refractivity contribution >= 4 is 35.4 Å². The summed E-state index contributed by atoms with van der Waals surface area (Å²) in [6.45, 7) is 1.81. The van der Waals surface area contributed by atoms with Crippen molar-refractivity contribution in [2.75, 3.05) is 12.0 Å². The van der Waals surface area contributed by atoms with Gasteiger partial charge in [0.05, 0.1) is 6.04 Å². The highest BCUT2D eigenvalue weighted by atomic mass is 35.5. The minimum Gasteiger partial charge on any atom is -0.480 e. The van der Waals surface area contributed by atoms with Crippen molar-refractivity contribution in [3.05, 3.63) is 34.9 Å². The van der Waals surface area contributed by atoms with Crippen molar-refractivity contribution in [3.63, 3.8) is 0 Å². The minimum absolute atomic E-state index is 0.265. The van der Waals surface area contributed by atoms with Crippen LogP contribution >= 0.6 is 23.4 Å². The van der Waals surface area contributed by atoms with Gasteiger partial charge in [-0.3, -0.25) is 0 Å². The van der Waals surface area contributed by atoms with Crippen LogP contribution in [0.2, 0.25) is 5.02 Å². The molecule has 0 fully saturated rings. The van der Waals surface area contributed by atoms with Crippen LogP contribution in [-0.4, -0.2) is 35.2 Å². The molecule has 1 aromatic rings. The van der Waals surface area contributed by atoms with E-state index in [1.54, 1.807) is 18.2 Å². The Morgan fingerprint density at radius 3 is 2.67 bits per heavy atom. The molecule has 1 aromatic carbocycles. The molecule has 0 bridgehead atoms. The van der Waals surface area contributed by atoms with Gasteiger partial charge in [-0.1, -0.05) is 23.7 Å². The second kappa shape index (κ2) is 8.79. The number of halogens is 1. The predicted molar refractivity (Wildman–Crippen MR) is 86.0 cm³/mol. The first-order valence-electron chi connectivity index (χ1n) is 6.48. The van der Waals surface area contributed by atoms with Gasteiger partial charge in [-0.05, 0) is 43.0 Å². The molecular formula is C14H19ClN2O3S. The van der Waals surface area contributed by atoms with E-state index in [1.165, 1.54) is 11.8 Å². The van der Waals surface area contributed by atoms with Gasteiger partial charge in [0.2, 0.25) is 0 Å². The highest BCUT2D eigenvalue weighted by Crippen LogP contribution is 2.17. The van der Waals surface area contributed by atoms with E-state index >= 15 is 0 Å². The Kier molecular flexibility index (Phi) is 7.39. The van der Waals surface area contributed by atoms with E-state index in [1.807, 2.05) is 19.2 Å². The van der Waals surface area contributed by atoms with Gasteiger partial charge < -0.3 is 15.7 Å². The first kappa shape index (κ1) is 17.7. The van der Waals surface area contributed by atoms with E-state index in [4.69, 9.17) is 16.7 Å². The quantitative estimate of drug-likeness (QED) is 0.718. The van der Waals surface area contributed by atoms with Crippen molar-refractivity contribution in [2.45, 2.75) is 25.4 Å². The maximum Gasteiger partial charge on any atom is 0.326 e. The van der Waals surface area contributed by atoms with Crippen LogP contribution in [-0.2, 0) is 4.79 Å². The Balaban J connectivity index is 2.57. The third-order valence-electron chi connectivity index (χ3n) is 2.91. The molecule has 3 N–H and O–H groups in total. The molecule has 0 spiro atoms. The molecule has 2 unspecified atom stereocenters. The number of benzene rings is 1. The molecule has 21 heavy (non-hydrogen) atoms. The summed E-state index contributed by atoms with van der Waals surface area (Å²) in [6, 6.07) is 5.50. The molecule has 116 valence electrons. The Morgan fingerprint density at radius 1 is 1.38 bits per heavy atom. The Morgan fingerprint density at radius 2 is 2.10 bits per heavy atom. The molecule has 5 nitrogen and oxygen atoms in total. The fourth-order valence-electron chi connectivity index (χ4n) is 1.75. The highest BCUT2D eigenvalue weighted by molar-refractivity contribution is 7.98. The molecule has 0 radical (unpaired) electrons. The molecule has 0 aromatic heterocycles. The third kappa shape index (κ3) is 6.27. The maximum atomic E-state index is 11.9. The Labute approximate surface area is 133 Å². The SMILES string of the molecule is CSCCC(NC(=O)NC(C)c1cccc(Cl)c1)C(=O)O. The fourth-order valence-corrected chi connectivity index (χ4v) is 2.42. The lowest BCUT2D eigenvalue weighted by Gasteiger charge is -2.18. The van der Waals surface area contributed by atoms with Gasteiger partial charge in [0.1, 0.15) is 6.04 Å². The van der Waals surface area contributed by atoms with Crippen LogP contribution in [0.25, 0.3) is 0 Å². The molecule has 2 amide bonds. The average molecular weight is 331 g/mol. The smallest absolute Gasteiger partial charge is 0.326 e. The summed E-state index contributed by atoms with van der Waals surface area (Å²) in [7, 11) is 0. The van der Waals surface area contributed by atoms with Crippen LogP contribution in [0.5, 0.6) is 0 Å². The number of thioether (sulfide) groups is 1. The highest BCUT2D eigenvalue weighted by Gasteiger charge is 2.20. The molecule has 7 heteroatoms. The zero-order valence-corrected chi connectivity index (χ0v) is 13.5. The molecular weight excluding hydrogens is 312 g/mol. The van der Waals surface area contributed by atoms with Gasteiger partial charge in [-0.25, -0.2) is 9.59 Å². The van der Waals surface area contributed by atoms with Crippen LogP contribution in [0.4, 0.5) is 4.79 Å². The van der Waals surface area contributed by atoms with Gasteiger partial charge in [0.15, 0.2) is 0 Å². The lowest BCUT2D eigenvalue weighted by Crippen LogP contribution is -2.46. The number of carbonyl (C=O) groups is 2. The molecule has 0 aliphatic rings. The van der Waals surface area contributed by atoms with Crippen LogP contribution in [0, 0.1) is 0 Å². The topological polar surface area (TPSA) is 78.4 Å². The molecule has 1 rings (SSSR count). The third-order valence-corrected chi connectivity index (χ3v) is 3.79. The van der Waals surface area contributed by atoms with Gasteiger partial charge in [-0.15, -0.1) is 0 Å². The van der Waals surface area contributed by atoms with Crippen LogP contribution < -0.4 is 10.6 Å². The van der Waals surface area contributed by atoms with Gasteiger partial charge in [0.25, 0.3) is 0 Å². The van der Waals surface area contributed by atoms with Crippen molar-refractivity contribution in [2.24, 2.45) is 0 Å². The van der Waals surface area contributed by atoms with Gasteiger partial charge >= 0.3 is 12.0 Å². The van der Waals surface area contributed by atoms with Crippen molar-refractivity contribution < 1.29 is 14.7 Å². The van der Waals surface area contributed by atoms with Crippen molar-refractivity contribution in [1.82, 2.24) is 10.6 Å².